The van der Waals surface area contributed by atoms with E-state index in [1.807, 2.05) is 12.1 Å². The van der Waals surface area contributed by atoms with Crippen LogP contribution in [0.4, 0.5) is 0 Å². The summed E-state index contributed by atoms with van der Waals surface area (Å²) in [5.41, 5.74) is 1.34. The average Bonchev–Trinajstić information content (AvgIpc) is 2.25. The van der Waals surface area contributed by atoms with Gasteiger partial charge in [0.25, 0.3) is 0 Å². The minimum Gasteiger partial charge on any atom is -0.461 e. The molecule has 0 aliphatic carbocycles. The van der Waals surface area contributed by atoms with Crippen molar-refractivity contribution in [3.05, 3.63) is 35.4 Å². The van der Waals surface area contributed by atoms with E-state index in [4.69, 9.17) is 16.3 Å². The minimum atomic E-state index is -0.319. The van der Waals surface area contributed by atoms with Crippen LogP contribution in [-0.2, 0) is 10.6 Å². The summed E-state index contributed by atoms with van der Waals surface area (Å²) in [6.45, 7) is 0.370. The smallest absolute Gasteiger partial charge is 0.338 e. The summed E-state index contributed by atoms with van der Waals surface area (Å²) in [6, 6.07) is 7.17. The van der Waals surface area contributed by atoms with Crippen molar-refractivity contribution in [1.82, 2.24) is 0 Å². The molecule has 0 radical (unpaired) electrons. The fourth-order valence-electron chi connectivity index (χ4n) is 1.04. The Bertz CT molecular complexity index is 315. The first-order valence-electron chi connectivity index (χ1n) is 4.16. The summed E-state index contributed by atoms with van der Waals surface area (Å²) in [5, 5.41) is 0.641. The summed E-state index contributed by atoms with van der Waals surface area (Å²) in [6.07, 6.45) is 0. The highest BCUT2D eigenvalue weighted by Gasteiger charge is 2.10. The molecule has 0 heterocycles. The van der Waals surface area contributed by atoms with E-state index in [-0.39, 0.29) is 5.97 Å². The van der Waals surface area contributed by atoms with Crippen molar-refractivity contribution < 1.29 is 9.53 Å². The van der Waals surface area contributed by atoms with E-state index < -0.39 is 0 Å². The highest BCUT2D eigenvalue weighted by atomic mass is 79.9. The van der Waals surface area contributed by atoms with Gasteiger partial charge in [-0.1, -0.05) is 34.1 Å². The van der Waals surface area contributed by atoms with Crippen LogP contribution < -0.4 is 0 Å². The molecule has 14 heavy (non-hydrogen) atoms. The Kier molecular flexibility index (Phi) is 4.98. The van der Waals surface area contributed by atoms with Gasteiger partial charge in [-0.2, -0.15) is 0 Å². The standard InChI is InChI=1S/C10H10BrClO2/c11-5-6-14-10(13)9-4-2-1-3-8(9)7-12/h1-4H,5-7H2. The second-order valence-corrected chi connectivity index (χ2v) is 3.68. The van der Waals surface area contributed by atoms with Crippen molar-refractivity contribution in [2.75, 3.05) is 11.9 Å². The quantitative estimate of drug-likeness (QED) is 0.625. The third kappa shape index (κ3) is 3.00. The van der Waals surface area contributed by atoms with Gasteiger partial charge in [-0.15, -0.1) is 11.6 Å². The van der Waals surface area contributed by atoms with E-state index in [2.05, 4.69) is 15.9 Å². The topological polar surface area (TPSA) is 26.3 Å². The third-order valence-corrected chi connectivity index (χ3v) is 2.30. The zero-order valence-corrected chi connectivity index (χ0v) is 9.85. The molecule has 0 amide bonds. The molecule has 0 aliphatic rings. The van der Waals surface area contributed by atoms with Crippen molar-refractivity contribution in [3.8, 4) is 0 Å². The number of hydrogen-bond acceptors (Lipinski definition) is 2. The molecule has 0 saturated heterocycles. The first kappa shape index (κ1) is 11.5. The average molecular weight is 278 g/mol. The zero-order chi connectivity index (χ0) is 10.4. The molecular weight excluding hydrogens is 267 g/mol. The molecule has 0 aliphatic heterocycles. The first-order valence-corrected chi connectivity index (χ1v) is 5.82. The number of ether oxygens (including phenoxy) is 1. The van der Waals surface area contributed by atoms with Gasteiger partial charge >= 0.3 is 5.97 Å². The largest absolute Gasteiger partial charge is 0.461 e. The molecule has 4 heteroatoms. The predicted molar refractivity (Wildman–Crippen MR) is 60.1 cm³/mol. The first-order chi connectivity index (χ1) is 6.79. The minimum absolute atomic E-state index is 0.319. The SMILES string of the molecule is O=C(OCCBr)c1ccccc1CCl. The van der Waals surface area contributed by atoms with E-state index in [0.717, 1.165) is 5.56 Å². The van der Waals surface area contributed by atoms with Gasteiger partial charge in [0.2, 0.25) is 0 Å². The van der Waals surface area contributed by atoms with Crippen LogP contribution >= 0.6 is 27.5 Å². The fourth-order valence-corrected chi connectivity index (χ4v) is 1.44. The van der Waals surface area contributed by atoms with Gasteiger partial charge in [0.15, 0.2) is 0 Å². The summed E-state index contributed by atoms with van der Waals surface area (Å²) in [7, 11) is 0. The van der Waals surface area contributed by atoms with E-state index >= 15 is 0 Å². The van der Waals surface area contributed by atoms with Crippen LogP contribution in [0.1, 0.15) is 15.9 Å². The van der Waals surface area contributed by atoms with Crippen LogP contribution in [0.15, 0.2) is 24.3 Å². The van der Waals surface area contributed by atoms with Crippen molar-refractivity contribution in [2.24, 2.45) is 0 Å². The van der Waals surface area contributed by atoms with Gasteiger partial charge in [-0.25, -0.2) is 4.79 Å². The number of esters is 1. The molecule has 0 unspecified atom stereocenters. The van der Waals surface area contributed by atoms with E-state index in [0.29, 0.717) is 23.4 Å². The van der Waals surface area contributed by atoms with Crippen LogP contribution in [0.3, 0.4) is 0 Å². The van der Waals surface area contributed by atoms with Gasteiger partial charge in [0, 0.05) is 11.2 Å². The molecule has 0 spiro atoms. The molecule has 0 fully saturated rings. The highest BCUT2D eigenvalue weighted by molar-refractivity contribution is 9.09. The van der Waals surface area contributed by atoms with E-state index in [1.54, 1.807) is 12.1 Å². The molecular formula is C10H10BrClO2. The Morgan fingerprint density at radius 3 is 2.79 bits per heavy atom. The Hall–Kier alpha value is -0.540. The van der Waals surface area contributed by atoms with Crippen molar-refractivity contribution in [3.63, 3.8) is 0 Å². The Balaban J connectivity index is 2.78. The second kappa shape index (κ2) is 6.04. The number of halogens is 2. The molecule has 0 atom stereocenters. The molecule has 1 aromatic rings. The van der Waals surface area contributed by atoms with Gasteiger partial charge in [0.1, 0.15) is 6.61 Å². The Labute approximate surface area is 96.3 Å². The summed E-state index contributed by atoms with van der Waals surface area (Å²) < 4.78 is 4.98. The van der Waals surface area contributed by atoms with Crippen LogP contribution in [0.2, 0.25) is 0 Å². The zero-order valence-electron chi connectivity index (χ0n) is 7.50. The maximum atomic E-state index is 11.5. The van der Waals surface area contributed by atoms with Gasteiger partial charge in [-0.05, 0) is 11.6 Å². The monoisotopic (exact) mass is 276 g/mol. The molecule has 1 rings (SSSR count). The van der Waals surface area contributed by atoms with Crippen LogP contribution in [0.5, 0.6) is 0 Å². The molecule has 0 bridgehead atoms. The lowest BCUT2D eigenvalue weighted by atomic mass is 10.1. The van der Waals surface area contributed by atoms with E-state index in [9.17, 15) is 4.79 Å². The third-order valence-electron chi connectivity index (χ3n) is 1.69. The van der Waals surface area contributed by atoms with Crippen LogP contribution in [0, 0.1) is 0 Å². The summed E-state index contributed by atoms with van der Waals surface area (Å²) >= 11 is 8.88. The lowest BCUT2D eigenvalue weighted by molar-refractivity contribution is 0.0530. The lowest BCUT2D eigenvalue weighted by Crippen LogP contribution is -2.09. The summed E-state index contributed by atoms with van der Waals surface area (Å²) in [4.78, 5) is 11.5. The normalized spacial score (nSPS) is 9.86. The molecule has 0 N–H and O–H groups in total. The van der Waals surface area contributed by atoms with Crippen LogP contribution in [-0.4, -0.2) is 17.9 Å². The number of rotatable bonds is 4. The molecule has 0 aromatic heterocycles. The van der Waals surface area contributed by atoms with Crippen molar-refractivity contribution in [1.29, 1.82) is 0 Å². The maximum absolute atomic E-state index is 11.5. The van der Waals surface area contributed by atoms with Gasteiger partial charge in [-0.3, -0.25) is 0 Å². The second-order valence-electron chi connectivity index (χ2n) is 2.62. The van der Waals surface area contributed by atoms with Crippen molar-refractivity contribution >= 4 is 33.5 Å². The number of alkyl halides is 2. The Morgan fingerprint density at radius 1 is 1.43 bits per heavy atom. The molecule has 0 saturated carbocycles. The van der Waals surface area contributed by atoms with Crippen molar-refractivity contribution in [2.45, 2.75) is 5.88 Å². The molecule has 76 valence electrons. The number of carbonyl (C=O) groups is 1. The molecule has 2 nitrogen and oxygen atoms in total. The number of benzene rings is 1. The summed E-state index contributed by atoms with van der Waals surface area (Å²) in [5.74, 6) is 0.000237. The Morgan fingerprint density at radius 2 is 2.14 bits per heavy atom. The van der Waals surface area contributed by atoms with Crippen LogP contribution in [0.25, 0.3) is 0 Å². The van der Waals surface area contributed by atoms with Gasteiger partial charge < -0.3 is 4.74 Å². The lowest BCUT2D eigenvalue weighted by Gasteiger charge is -2.05. The van der Waals surface area contributed by atoms with Gasteiger partial charge in [0.05, 0.1) is 5.56 Å². The highest BCUT2D eigenvalue weighted by Crippen LogP contribution is 2.12. The number of hydrogen-bond donors (Lipinski definition) is 0. The number of carbonyl (C=O) groups excluding carboxylic acids is 1. The molecule has 1 aromatic carbocycles. The maximum Gasteiger partial charge on any atom is 0.338 e. The predicted octanol–water partition coefficient (Wildman–Crippen LogP) is 2.98. The van der Waals surface area contributed by atoms with E-state index in [1.165, 1.54) is 0 Å². The fraction of sp³-hybridized carbons (Fsp3) is 0.300.